The molecule has 0 aromatic heterocycles. The normalized spacial score (nSPS) is 10.2. The third kappa shape index (κ3) is 7.84. The van der Waals surface area contributed by atoms with Gasteiger partial charge < -0.3 is 0 Å². The molecule has 0 aliphatic carbocycles. The molecular formula is C34H28FeMoP2. The maximum absolute atomic E-state index is 2.23. The molecule has 0 bridgehead atoms. The number of rotatable bonds is 6. The molecule has 0 spiro atoms. The molecule has 38 heavy (non-hydrogen) atoms. The van der Waals surface area contributed by atoms with E-state index in [2.05, 4.69) is 170 Å². The van der Waals surface area contributed by atoms with Gasteiger partial charge in [0.05, 0.1) is 0 Å². The van der Waals surface area contributed by atoms with Crippen LogP contribution in [0.25, 0.3) is 0 Å². The van der Waals surface area contributed by atoms with Crippen molar-refractivity contribution in [2.45, 2.75) is 0 Å². The predicted molar refractivity (Wildman–Crippen MR) is 161 cm³/mol. The van der Waals surface area contributed by atoms with Crippen LogP contribution in [0.4, 0.5) is 0 Å². The summed E-state index contributed by atoms with van der Waals surface area (Å²) >= 11 is 0. The molecule has 0 atom stereocenters. The zero-order chi connectivity index (χ0) is 24.4. The Bertz CT molecular complexity index is 1210. The minimum Gasteiger partial charge on any atom is -0.213 e. The minimum absolute atomic E-state index is 0. The standard InChI is InChI=1S/2C17H14P.Fe.Mo/c2*1-3-9-15(10-4-1)18(17-13-7-8-14-17)16-11-5-2-6-12-16;;/h2*1-14H;;/q2*-1;+2;. The van der Waals surface area contributed by atoms with Crippen LogP contribution in [0.2, 0.25) is 0 Å². The van der Waals surface area contributed by atoms with Gasteiger partial charge in [0.1, 0.15) is 0 Å². The van der Waals surface area contributed by atoms with E-state index in [0.29, 0.717) is 0 Å². The molecule has 0 amide bonds. The molecule has 6 rings (SSSR count). The summed E-state index contributed by atoms with van der Waals surface area (Å²) in [6.07, 6.45) is 0. The van der Waals surface area contributed by atoms with Crippen LogP contribution in [0, 0.1) is 0 Å². The molecule has 188 valence electrons. The molecule has 0 saturated heterocycles. The first-order valence-corrected chi connectivity index (χ1v) is 14.8. The summed E-state index contributed by atoms with van der Waals surface area (Å²) in [5.41, 5.74) is 0. The summed E-state index contributed by atoms with van der Waals surface area (Å²) in [7, 11) is -0.818. The fraction of sp³-hybridized carbons (Fsp3) is 0. The van der Waals surface area contributed by atoms with Crippen LogP contribution in [0.15, 0.2) is 170 Å². The Morgan fingerprint density at radius 1 is 0.316 bits per heavy atom. The molecule has 6 aromatic carbocycles. The third-order valence-corrected chi connectivity index (χ3v) is 10.8. The molecule has 0 aliphatic rings. The van der Waals surface area contributed by atoms with Crippen LogP contribution in [-0.2, 0) is 38.1 Å². The van der Waals surface area contributed by atoms with E-state index in [1.165, 1.54) is 31.8 Å². The molecule has 0 heterocycles. The van der Waals surface area contributed by atoms with Crippen LogP contribution in [-0.4, -0.2) is 0 Å². The number of hydrogen-bond acceptors (Lipinski definition) is 0. The molecule has 6 aromatic rings. The SMILES string of the molecule is [Fe+2].[Mo].c1ccc(P(c2ccccc2)[c-]2cccc2)cc1.c1ccc(P(c2ccccc2)[c-]2cccc2)cc1. The maximum atomic E-state index is 2.23. The summed E-state index contributed by atoms with van der Waals surface area (Å²) in [4.78, 5) is 0. The van der Waals surface area contributed by atoms with E-state index in [1.54, 1.807) is 0 Å². The van der Waals surface area contributed by atoms with E-state index < -0.39 is 15.8 Å². The molecule has 4 heteroatoms. The van der Waals surface area contributed by atoms with Gasteiger partial charge in [-0.25, -0.2) is 24.3 Å². The van der Waals surface area contributed by atoms with Crippen molar-refractivity contribution in [3.05, 3.63) is 170 Å². The van der Waals surface area contributed by atoms with Crippen molar-refractivity contribution in [1.29, 1.82) is 0 Å². The summed E-state index contributed by atoms with van der Waals surface area (Å²) in [5.74, 6) is 0. The predicted octanol–water partition coefficient (Wildman–Crippen LogP) is 6.32. The van der Waals surface area contributed by atoms with E-state index in [9.17, 15) is 0 Å². The van der Waals surface area contributed by atoms with Gasteiger partial charge in [-0.15, -0.1) is 10.6 Å². The number of benzene rings is 4. The van der Waals surface area contributed by atoms with E-state index >= 15 is 0 Å². The van der Waals surface area contributed by atoms with Crippen molar-refractivity contribution in [3.8, 4) is 0 Å². The third-order valence-electron chi connectivity index (χ3n) is 5.86. The summed E-state index contributed by atoms with van der Waals surface area (Å²) < 4.78 is 0. The van der Waals surface area contributed by atoms with Crippen molar-refractivity contribution in [1.82, 2.24) is 0 Å². The molecule has 0 nitrogen and oxygen atoms in total. The second-order valence-corrected chi connectivity index (χ2v) is 12.7. The second-order valence-electron chi connectivity index (χ2n) is 8.30. The fourth-order valence-corrected chi connectivity index (χ4v) is 8.84. The Morgan fingerprint density at radius 2 is 0.526 bits per heavy atom. The Hall–Kier alpha value is -2.35. The van der Waals surface area contributed by atoms with E-state index in [-0.39, 0.29) is 38.1 Å². The van der Waals surface area contributed by atoms with Crippen LogP contribution in [0.1, 0.15) is 0 Å². The monoisotopic (exact) mass is 652 g/mol. The van der Waals surface area contributed by atoms with Crippen LogP contribution < -0.4 is 31.8 Å². The van der Waals surface area contributed by atoms with Crippen molar-refractivity contribution in [2.24, 2.45) is 0 Å². The van der Waals surface area contributed by atoms with Crippen molar-refractivity contribution < 1.29 is 38.1 Å². The van der Waals surface area contributed by atoms with Gasteiger partial charge in [0, 0.05) is 21.1 Å². The van der Waals surface area contributed by atoms with Gasteiger partial charge in [0.2, 0.25) is 0 Å². The minimum atomic E-state index is -0.409. The topological polar surface area (TPSA) is 0 Å². The van der Waals surface area contributed by atoms with Crippen LogP contribution in [0.5, 0.6) is 0 Å². The van der Waals surface area contributed by atoms with E-state index in [0.717, 1.165) is 0 Å². The zero-order valence-corrected chi connectivity index (χ0v) is 25.7. The molecule has 0 radical (unpaired) electrons. The maximum Gasteiger partial charge on any atom is 2.00 e. The second kappa shape index (κ2) is 15.9. The van der Waals surface area contributed by atoms with Gasteiger partial charge in [-0.1, -0.05) is 137 Å². The summed E-state index contributed by atoms with van der Waals surface area (Å²) in [5, 5.41) is 8.47. The molecule has 0 aliphatic heterocycles. The number of hydrogen-bond donors (Lipinski definition) is 0. The van der Waals surface area contributed by atoms with Crippen molar-refractivity contribution in [3.63, 3.8) is 0 Å². The van der Waals surface area contributed by atoms with Gasteiger partial charge >= 0.3 is 17.1 Å². The van der Waals surface area contributed by atoms with Gasteiger partial charge in [0.25, 0.3) is 0 Å². The van der Waals surface area contributed by atoms with Crippen molar-refractivity contribution >= 4 is 47.7 Å². The fourth-order valence-electron chi connectivity index (χ4n) is 4.23. The smallest absolute Gasteiger partial charge is 0.213 e. The summed E-state index contributed by atoms with van der Waals surface area (Å²) in [6, 6.07) is 60.5. The molecular weight excluding hydrogens is 622 g/mol. The Labute approximate surface area is 254 Å². The first-order valence-electron chi connectivity index (χ1n) is 12.1. The first-order chi connectivity index (χ1) is 17.9. The van der Waals surface area contributed by atoms with E-state index in [1.807, 2.05) is 0 Å². The Morgan fingerprint density at radius 3 is 0.737 bits per heavy atom. The summed E-state index contributed by atoms with van der Waals surface area (Å²) in [6.45, 7) is 0. The molecule has 0 N–H and O–H groups in total. The van der Waals surface area contributed by atoms with Gasteiger partial charge in [-0.2, -0.15) is 24.3 Å². The Kier molecular flexibility index (Phi) is 12.6. The van der Waals surface area contributed by atoms with Crippen molar-refractivity contribution in [2.75, 3.05) is 0 Å². The average Bonchev–Trinajstić information content (AvgIpc) is 3.68. The molecule has 0 unspecified atom stereocenters. The van der Waals surface area contributed by atoms with Gasteiger partial charge in [-0.3, -0.25) is 0 Å². The Balaban J connectivity index is 0.000000200. The van der Waals surface area contributed by atoms with Crippen LogP contribution in [0.3, 0.4) is 0 Å². The van der Waals surface area contributed by atoms with E-state index in [4.69, 9.17) is 0 Å². The average molecular weight is 650 g/mol. The van der Waals surface area contributed by atoms with Crippen LogP contribution >= 0.6 is 15.8 Å². The quantitative estimate of drug-likeness (QED) is 0.113. The molecule has 0 fully saturated rings. The van der Waals surface area contributed by atoms with Gasteiger partial charge in [-0.05, 0) is 21.2 Å². The zero-order valence-electron chi connectivity index (χ0n) is 20.8. The first kappa shape index (κ1) is 30.2. The molecule has 0 saturated carbocycles. The van der Waals surface area contributed by atoms with Gasteiger partial charge in [0.15, 0.2) is 0 Å². The largest absolute Gasteiger partial charge is 2.00 e.